The molecule has 1 heterocycles. The van der Waals surface area contributed by atoms with Crippen LogP contribution in [0.4, 0.5) is 4.79 Å². The molecule has 0 aromatic heterocycles. The lowest BCUT2D eigenvalue weighted by molar-refractivity contribution is -0.140. The molecule has 1 aromatic carbocycles. The fourth-order valence-corrected chi connectivity index (χ4v) is 2.08. The number of aliphatic carboxylic acids is 1. The maximum absolute atomic E-state index is 12.2. The molecule has 1 unspecified atom stereocenters. The predicted molar refractivity (Wildman–Crippen MR) is 74.2 cm³/mol. The SMILES string of the molecule is COCC(NC(=O)N1CCOc2ccccc2C1)C(=O)O. The largest absolute Gasteiger partial charge is 0.491 e. The number of methoxy groups -OCH3 is 1. The van der Waals surface area contributed by atoms with Gasteiger partial charge >= 0.3 is 12.0 Å². The molecule has 1 aliphatic heterocycles. The number of hydrogen-bond donors (Lipinski definition) is 2. The number of hydrogen-bond acceptors (Lipinski definition) is 4. The molecule has 2 N–H and O–H groups in total. The minimum atomic E-state index is -1.13. The van der Waals surface area contributed by atoms with Gasteiger partial charge in [-0.3, -0.25) is 0 Å². The van der Waals surface area contributed by atoms with E-state index in [1.54, 1.807) is 0 Å². The lowest BCUT2D eigenvalue weighted by atomic mass is 10.2. The number of carbonyl (C=O) groups is 2. The van der Waals surface area contributed by atoms with Crippen LogP contribution in [0.25, 0.3) is 0 Å². The van der Waals surface area contributed by atoms with Gasteiger partial charge in [0.15, 0.2) is 6.04 Å². The van der Waals surface area contributed by atoms with Crippen molar-refractivity contribution in [1.82, 2.24) is 10.2 Å². The first kappa shape index (κ1) is 15.1. The maximum atomic E-state index is 12.2. The van der Waals surface area contributed by atoms with Gasteiger partial charge in [0.1, 0.15) is 12.4 Å². The van der Waals surface area contributed by atoms with Crippen LogP contribution < -0.4 is 10.1 Å². The first-order chi connectivity index (χ1) is 10.1. The third-order valence-corrected chi connectivity index (χ3v) is 3.17. The van der Waals surface area contributed by atoms with E-state index < -0.39 is 18.0 Å². The zero-order chi connectivity index (χ0) is 15.2. The number of benzene rings is 1. The highest BCUT2D eigenvalue weighted by Crippen LogP contribution is 2.22. The van der Waals surface area contributed by atoms with Crippen molar-refractivity contribution in [2.45, 2.75) is 12.6 Å². The van der Waals surface area contributed by atoms with Crippen LogP contribution in [0, 0.1) is 0 Å². The maximum Gasteiger partial charge on any atom is 0.328 e. The van der Waals surface area contributed by atoms with Crippen LogP contribution in [0.15, 0.2) is 24.3 Å². The summed E-state index contributed by atoms with van der Waals surface area (Å²) in [5.41, 5.74) is 0.892. The molecule has 1 aliphatic rings. The fraction of sp³-hybridized carbons (Fsp3) is 0.429. The quantitative estimate of drug-likeness (QED) is 0.853. The molecule has 2 rings (SSSR count). The molecule has 0 saturated carbocycles. The standard InChI is InChI=1S/C14H18N2O5/c1-20-9-11(13(17)18)15-14(19)16-6-7-21-12-5-3-2-4-10(12)8-16/h2-5,11H,6-9H2,1H3,(H,15,19)(H,17,18). The van der Waals surface area contributed by atoms with E-state index in [0.29, 0.717) is 19.7 Å². The molecule has 7 nitrogen and oxygen atoms in total. The zero-order valence-electron chi connectivity index (χ0n) is 11.7. The smallest absolute Gasteiger partial charge is 0.328 e. The highest BCUT2D eigenvalue weighted by molar-refractivity contribution is 5.82. The van der Waals surface area contributed by atoms with E-state index in [0.717, 1.165) is 11.3 Å². The molecule has 21 heavy (non-hydrogen) atoms. The third-order valence-electron chi connectivity index (χ3n) is 3.17. The molecule has 0 aliphatic carbocycles. The Bertz CT molecular complexity index is 520. The minimum Gasteiger partial charge on any atom is -0.491 e. The van der Waals surface area contributed by atoms with Crippen molar-refractivity contribution in [3.8, 4) is 5.75 Å². The third kappa shape index (κ3) is 3.85. The number of urea groups is 1. The van der Waals surface area contributed by atoms with Crippen molar-refractivity contribution in [3.05, 3.63) is 29.8 Å². The summed E-state index contributed by atoms with van der Waals surface area (Å²) in [7, 11) is 1.39. The summed E-state index contributed by atoms with van der Waals surface area (Å²) < 4.78 is 10.4. The van der Waals surface area contributed by atoms with Crippen LogP contribution in [0.3, 0.4) is 0 Å². The normalized spacial score (nSPS) is 15.4. The van der Waals surface area contributed by atoms with Crippen LogP contribution >= 0.6 is 0 Å². The number of rotatable bonds is 4. The molecule has 0 saturated heterocycles. The molecule has 0 fully saturated rings. The molecule has 1 aromatic rings. The van der Waals surface area contributed by atoms with Crippen LogP contribution in [0.1, 0.15) is 5.56 Å². The van der Waals surface area contributed by atoms with Crippen LogP contribution in [0.2, 0.25) is 0 Å². The van der Waals surface area contributed by atoms with Gasteiger partial charge in [0.2, 0.25) is 0 Å². The number of fused-ring (bicyclic) bond motifs is 1. The Labute approximate surface area is 122 Å². The van der Waals surface area contributed by atoms with E-state index in [-0.39, 0.29) is 6.61 Å². The van der Waals surface area contributed by atoms with Crippen molar-refractivity contribution in [2.24, 2.45) is 0 Å². The number of para-hydroxylation sites is 1. The molecule has 0 radical (unpaired) electrons. The van der Waals surface area contributed by atoms with Crippen molar-refractivity contribution >= 4 is 12.0 Å². The molecule has 2 amide bonds. The highest BCUT2D eigenvalue weighted by Gasteiger charge is 2.25. The summed E-state index contributed by atoms with van der Waals surface area (Å²) >= 11 is 0. The fourth-order valence-electron chi connectivity index (χ4n) is 2.08. The van der Waals surface area contributed by atoms with Crippen molar-refractivity contribution in [1.29, 1.82) is 0 Å². The van der Waals surface area contributed by atoms with Gasteiger partial charge in [-0.1, -0.05) is 18.2 Å². The lowest BCUT2D eigenvalue weighted by Gasteiger charge is -2.23. The Hall–Kier alpha value is -2.28. The first-order valence-corrected chi connectivity index (χ1v) is 6.59. The van der Waals surface area contributed by atoms with E-state index in [1.807, 2.05) is 24.3 Å². The first-order valence-electron chi connectivity index (χ1n) is 6.59. The van der Waals surface area contributed by atoms with E-state index in [2.05, 4.69) is 5.32 Å². The molecule has 114 valence electrons. The number of carboxylic acid groups (broad SMARTS) is 1. The van der Waals surface area contributed by atoms with E-state index in [4.69, 9.17) is 14.6 Å². The molecule has 0 bridgehead atoms. The number of carbonyl (C=O) groups excluding carboxylic acids is 1. The summed E-state index contributed by atoms with van der Waals surface area (Å²) in [4.78, 5) is 24.8. The Kier molecular flexibility index (Phi) is 4.99. The van der Waals surface area contributed by atoms with E-state index >= 15 is 0 Å². The van der Waals surface area contributed by atoms with Crippen molar-refractivity contribution in [2.75, 3.05) is 26.9 Å². The van der Waals surface area contributed by atoms with Crippen LogP contribution in [-0.2, 0) is 16.1 Å². The number of amides is 2. The minimum absolute atomic E-state index is 0.0813. The Morgan fingerprint density at radius 2 is 2.24 bits per heavy atom. The molecule has 0 spiro atoms. The van der Waals surface area contributed by atoms with Gasteiger partial charge in [-0.25, -0.2) is 9.59 Å². The van der Waals surface area contributed by atoms with Gasteiger partial charge in [-0.15, -0.1) is 0 Å². The van der Waals surface area contributed by atoms with E-state index in [1.165, 1.54) is 12.0 Å². The number of ether oxygens (including phenoxy) is 2. The van der Waals surface area contributed by atoms with Gasteiger partial charge < -0.3 is 24.8 Å². The second-order valence-corrected chi connectivity index (χ2v) is 4.67. The highest BCUT2D eigenvalue weighted by atomic mass is 16.5. The number of carboxylic acids is 1. The van der Waals surface area contributed by atoms with Gasteiger partial charge in [0.25, 0.3) is 0 Å². The van der Waals surface area contributed by atoms with Crippen LogP contribution in [-0.4, -0.2) is 54.9 Å². The summed E-state index contributed by atoms with van der Waals surface area (Å²) in [5, 5.41) is 11.5. The monoisotopic (exact) mass is 294 g/mol. The number of nitrogens with zero attached hydrogens (tertiary/aromatic N) is 1. The topological polar surface area (TPSA) is 88.1 Å². The second-order valence-electron chi connectivity index (χ2n) is 4.67. The Morgan fingerprint density at radius 3 is 2.95 bits per heavy atom. The summed E-state index contributed by atoms with van der Waals surface area (Å²) in [6.45, 7) is 1.05. The Balaban J connectivity index is 2.04. The molecule has 7 heteroatoms. The van der Waals surface area contributed by atoms with Crippen molar-refractivity contribution in [3.63, 3.8) is 0 Å². The average Bonchev–Trinajstić information content (AvgIpc) is 2.68. The van der Waals surface area contributed by atoms with Crippen LogP contribution in [0.5, 0.6) is 5.75 Å². The Morgan fingerprint density at radius 1 is 1.48 bits per heavy atom. The summed E-state index contributed by atoms with van der Waals surface area (Å²) in [6, 6.07) is 5.95. The van der Waals surface area contributed by atoms with Gasteiger partial charge in [-0.2, -0.15) is 0 Å². The summed E-state index contributed by atoms with van der Waals surface area (Å²) in [6.07, 6.45) is 0. The average molecular weight is 294 g/mol. The van der Waals surface area contributed by atoms with Gasteiger partial charge in [0.05, 0.1) is 19.7 Å². The zero-order valence-corrected chi connectivity index (χ0v) is 11.7. The van der Waals surface area contributed by atoms with Crippen molar-refractivity contribution < 1.29 is 24.2 Å². The molecular formula is C14H18N2O5. The second kappa shape index (κ2) is 6.94. The van der Waals surface area contributed by atoms with Gasteiger partial charge in [0, 0.05) is 12.7 Å². The summed E-state index contributed by atoms with van der Waals surface area (Å²) in [5.74, 6) is -0.379. The molecular weight excluding hydrogens is 276 g/mol. The van der Waals surface area contributed by atoms with E-state index in [9.17, 15) is 9.59 Å². The van der Waals surface area contributed by atoms with Gasteiger partial charge in [-0.05, 0) is 6.07 Å². The lowest BCUT2D eigenvalue weighted by Crippen LogP contribution is -2.50. The molecule has 1 atom stereocenters. The predicted octanol–water partition coefficient (Wildman–Crippen LogP) is 0.690. The number of nitrogens with one attached hydrogen (secondary N) is 1.